The van der Waals surface area contributed by atoms with E-state index >= 15 is 0 Å². The zero-order valence-corrected chi connectivity index (χ0v) is 16.4. The van der Waals surface area contributed by atoms with Crippen LogP contribution < -0.4 is 10.6 Å². The van der Waals surface area contributed by atoms with E-state index < -0.39 is 26.9 Å². The number of carbonyl (C=O) groups excluding carboxylic acids is 2. The molecule has 7 nitrogen and oxygen atoms in total. The molecular formula is C19H24N2O5S. The van der Waals surface area contributed by atoms with Crippen molar-refractivity contribution in [2.45, 2.75) is 30.9 Å². The number of carbonyl (C=O) groups is 2. The van der Waals surface area contributed by atoms with Gasteiger partial charge in [-0.2, -0.15) is 0 Å². The fraction of sp³-hybridized carbons (Fsp3) is 0.368. The number of rotatable bonds is 7. The van der Waals surface area contributed by atoms with Gasteiger partial charge in [-0.25, -0.2) is 8.42 Å². The number of furan rings is 1. The van der Waals surface area contributed by atoms with Crippen molar-refractivity contribution >= 4 is 21.7 Å². The van der Waals surface area contributed by atoms with Crippen molar-refractivity contribution in [3.8, 4) is 0 Å². The molecule has 1 unspecified atom stereocenters. The maximum Gasteiger partial charge on any atom is 0.309 e. The van der Waals surface area contributed by atoms with Gasteiger partial charge in [0.1, 0.15) is 11.0 Å². The molecule has 0 fully saturated rings. The molecule has 0 aliphatic rings. The van der Waals surface area contributed by atoms with Gasteiger partial charge in [-0.3, -0.25) is 9.59 Å². The largest absolute Gasteiger partial charge is 0.468 e. The van der Waals surface area contributed by atoms with Crippen molar-refractivity contribution < 1.29 is 22.4 Å². The highest BCUT2D eigenvalue weighted by atomic mass is 32.2. The Balaban J connectivity index is 2.17. The number of amides is 2. The van der Waals surface area contributed by atoms with Crippen LogP contribution in [-0.2, 0) is 19.4 Å². The molecule has 0 bridgehead atoms. The zero-order chi connectivity index (χ0) is 20.0. The Morgan fingerprint density at radius 1 is 1.00 bits per heavy atom. The monoisotopic (exact) mass is 392 g/mol. The van der Waals surface area contributed by atoms with E-state index in [0.29, 0.717) is 6.54 Å². The highest BCUT2D eigenvalue weighted by molar-refractivity contribution is 7.91. The molecule has 0 aliphatic carbocycles. The van der Waals surface area contributed by atoms with Gasteiger partial charge in [0.25, 0.3) is 0 Å². The lowest BCUT2D eigenvalue weighted by atomic mass is 10.2. The zero-order valence-electron chi connectivity index (χ0n) is 15.6. The van der Waals surface area contributed by atoms with Crippen LogP contribution >= 0.6 is 0 Å². The van der Waals surface area contributed by atoms with Crippen LogP contribution in [0.3, 0.4) is 0 Å². The molecule has 0 spiro atoms. The number of benzene rings is 1. The predicted octanol–water partition coefficient (Wildman–Crippen LogP) is 1.99. The highest BCUT2D eigenvalue weighted by Crippen LogP contribution is 2.29. The Morgan fingerprint density at radius 3 is 2.11 bits per heavy atom. The van der Waals surface area contributed by atoms with E-state index in [4.69, 9.17) is 4.42 Å². The second-order valence-corrected chi connectivity index (χ2v) is 8.81. The first kappa shape index (κ1) is 20.7. The van der Waals surface area contributed by atoms with Gasteiger partial charge in [0.05, 0.1) is 11.2 Å². The van der Waals surface area contributed by atoms with Crippen LogP contribution in [0.15, 0.2) is 52.0 Å². The van der Waals surface area contributed by atoms with Gasteiger partial charge in [0.15, 0.2) is 9.84 Å². The lowest BCUT2D eigenvalue weighted by molar-refractivity contribution is -0.139. The van der Waals surface area contributed by atoms with Crippen LogP contribution in [0.1, 0.15) is 30.4 Å². The Morgan fingerprint density at radius 2 is 1.59 bits per heavy atom. The molecule has 0 saturated heterocycles. The average molecular weight is 392 g/mol. The van der Waals surface area contributed by atoms with E-state index in [-0.39, 0.29) is 23.1 Å². The first-order chi connectivity index (χ1) is 12.7. The smallest absolute Gasteiger partial charge is 0.309 e. The SMILES string of the molecule is Cc1ccc(S(=O)(=O)C(CNC(=O)C(=O)NCC(C)C)c2ccco2)cc1. The van der Waals surface area contributed by atoms with E-state index in [0.717, 1.165) is 5.56 Å². The van der Waals surface area contributed by atoms with Crippen LogP contribution in [0.5, 0.6) is 0 Å². The molecule has 0 radical (unpaired) electrons. The minimum Gasteiger partial charge on any atom is -0.468 e. The standard InChI is InChI=1S/C19H24N2O5S/c1-13(2)11-20-18(22)19(23)21-12-17(16-5-4-10-26-16)27(24,25)15-8-6-14(3)7-9-15/h4-10,13,17H,11-12H2,1-3H3,(H,20,22)(H,21,23). The molecule has 1 aromatic heterocycles. The van der Waals surface area contributed by atoms with Crippen molar-refractivity contribution in [3.63, 3.8) is 0 Å². The third-order valence-electron chi connectivity index (χ3n) is 3.91. The Labute approximate surface area is 159 Å². The summed E-state index contributed by atoms with van der Waals surface area (Å²) in [6.45, 7) is 5.74. The summed E-state index contributed by atoms with van der Waals surface area (Å²) in [5.74, 6) is -1.29. The van der Waals surface area contributed by atoms with Gasteiger partial charge in [-0.15, -0.1) is 0 Å². The molecule has 1 heterocycles. The number of aryl methyl sites for hydroxylation is 1. The minimum atomic E-state index is -3.83. The van der Waals surface area contributed by atoms with Crippen LogP contribution in [0.2, 0.25) is 0 Å². The molecule has 2 amide bonds. The van der Waals surface area contributed by atoms with Crippen molar-refractivity contribution in [1.29, 1.82) is 0 Å². The first-order valence-electron chi connectivity index (χ1n) is 8.61. The molecule has 8 heteroatoms. The summed E-state index contributed by atoms with van der Waals surface area (Å²) in [7, 11) is -3.83. The van der Waals surface area contributed by atoms with Gasteiger partial charge >= 0.3 is 11.8 Å². The number of nitrogens with one attached hydrogen (secondary N) is 2. The fourth-order valence-electron chi connectivity index (χ4n) is 2.37. The summed E-state index contributed by atoms with van der Waals surface area (Å²) in [6, 6.07) is 9.52. The summed E-state index contributed by atoms with van der Waals surface area (Å²) >= 11 is 0. The molecule has 0 aliphatic heterocycles. The Kier molecular flexibility index (Phi) is 6.79. The van der Waals surface area contributed by atoms with E-state index in [2.05, 4.69) is 10.6 Å². The first-order valence-corrected chi connectivity index (χ1v) is 10.2. The molecule has 1 atom stereocenters. The molecule has 2 aromatic rings. The third-order valence-corrected chi connectivity index (χ3v) is 5.99. The Hall–Kier alpha value is -2.61. The van der Waals surface area contributed by atoms with E-state index in [9.17, 15) is 18.0 Å². The molecule has 146 valence electrons. The number of hydrogen-bond donors (Lipinski definition) is 2. The average Bonchev–Trinajstić information content (AvgIpc) is 3.14. The second kappa shape index (κ2) is 8.85. The minimum absolute atomic E-state index is 0.119. The third kappa shape index (κ3) is 5.43. The van der Waals surface area contributed by atoms with E-state index in [1.807, 2.05) is 20.8 Å². The van der Waals surface area contributed by atoms with Crippen molar-refractivity contribution in [1.82, 2.24) is 10.6 Å². The fourth-order valence-corrected chi connectivity index (χ4v) is 3.96. The maximum atomic E-state index is 13.0. The van der Waals surface area contributed by atoms with Crippen LogP contribution in [-0.4, -0.2) is 33.3 Å². The molecule has 2 rings (SSSR count). The second-order valence-electron chi connectivity index (χ2n) is 6.68. The summed E-state index contributed by atoms with van der Waals surface area (Å²) in [6.07, 6.45) is 1.37. The molecule has 0 saturated carbocycles. The summed E-state index contributed by atoms with van der Waals surface area (Å²) < 4.78 is 31.3. The van der Waals surface area contributed by atoms with E-state index in [1.54, 1.807) is 18.2 Å². The quantitative estimate of drug-likeness (QED) is 0.701. The molecular weight excluding hydrogens is 368 g/mol. The summed E-state index contributed by atoms with van der Waals surface area (Å²) in [5.41, 5.74) is 0.929. The normalized spacial score (nSPS) is 12.6. The summed E-state index contributed by atoms with van der Waals surface area (Å²) in [5, 5.41) is 3.74. The van der Waals surface area contributed by atoms with Gasteiger partial charge < -0.3 is 15.1 Å². The van der Waals surface area contributed by atoms with Gasteiger partial charge in [-0.1, -0.05) is 31.5 Å². The molecule has 2 N–H and O–H groups in total. The van der Waals surface area contributed by atoms with Crippen molar-refractivity contribution in [2.75, 3.05) is 13.1 Å². The topological polar surface area (TPSA) is 105 Å². The van der Waals surface area contributed by atoms with Gasteiger partial charge in [0, 0.05) is 13.1 Å². The highest BCUT2D eigenvalue weighted by Gasteiger charge is 2.32. The predicted molar refractivity (Wildman–Crippen MR) is 101 cm³/mol. The molecule has 27 heavy (non-hydrogen) atoms. The Bertz CT molecular complexity index is 871. The summed E-state index contributed by atoms with van der Waals surface area (Å²) in [4.78, 5) is 23.9. The molecule has 1 aromatic carbocycles. The van der Waals surface area contributed by atoms with Gasteiger partial charge in [-0.05, 0) is 37.1 Å². The lowest BCUT2D eigenvalue weighted by Gasteiger charge is -2.17. The van der Waals surface area contributed by atoms with E-state index in [1.165, 1.54) is 24.5 Å². The van der Waals surface area contributed by atoms with Crippen LogP contribution in [0.4, 0.5) is 0 Å². The number of sulfone groups is 1. The maximum absolute atomic E-state index is 13.0. The van der Waals surface area contributed by atoms with Crippen LogP contribution in [0.25, 0.3) is 0 Å². The number of hydrogen-bond acceptors (Lipinski definition) is 5. The van der Waals surface area contributed by atoms with Crippen molar-refractivity contribution in [3.05, 3.63) is 54.0 Å². The lowest BCUT2D eigenvalue weighted by Crippen LogP contribution is -2.43. The van der Waals surface area contributed by atoms with Crippen LogP contribution in [0, 0.1) is 12.8 Å². The van der Waals surface area contributed by atoms with Gasteiger partial charge in [0.2, 0.25) is 0 Å². The van der Waals surface area contributed by atoms with Crippen molar-refractivity contribution in [2.24, 2.45) is 5.92 Å².